The lowest BCUT2D eigenvalue weighted by molar-refractivity contribution is 0.00819. The van der Waals surface area contributed by atoms with Crippen molar-refractivity contribution in [3.8, 4) is 0 Å². The second-order valence-corrected chi connectivity index (χ2v) is 2.36. The van der Waals surface area contributed by atoms with Crippen LogP contribution in [0.1, 0.15) is 0 Å². The molecule has 0 aromatic heterocycles. The quantitative estimate of drug-likeness (QED) is 0.486. The molecule has 0 saturated carbocycles. The van der Waals surface area contributed by atoms with Crippen molar-refractivity contribution in [1.82, 2.24) is 0 Å². The monoisotopic (exact) mass is 165 g/mol. The topological polar surface area (TPSA) is 57.2 Å². The van der Waals surface area contributed by atoms with Gasteiger partial charge in [-0.2, -0.15) is 13.2 Å². The highest BCUT2D eigenvalue weighted by Gasteiger charge is 1.86. The fraction of sp³-hybridized carbons (Fsp3) is 1.00. The average Bonchev–Trinajstić information content (AvgIpc) is 1.19. The Balaban J connectivity index is 0. The summed E-state index contributed by atoms with van der Waals surface area (Å²) in [7, 11) is -3.92. The summed E-state index contributed by atoms with van der Waals surface area (Å²) in [6, 6.07) is 0. The molecule has 0 aromatic carbocycles. The van der Waals surface area contributed by atoms with E-state index in [-0.39, 0.29) is 0 Å². The minimum atomic E-state index is -3.92. The summed E-state index contributed by atoms with van der Waals surface area (Å²) in [5.41, 5.74) is 0. The maximum Gasteiger partial charge on any atom is 0.379 e. The van der Waals surface area contributed by atoms with Gasteiger partial charge in [-0.25, -0.2) is 8.42 Å². The second-order valence-electron chi connectivity index (χ2n) is 0.952. The lowest BCUT2D eigenvalue weighted by Crippen LogP contribution is -1.88. The number of hydrogen-bond donors (Lipinski definition) is 0. The van der Waals surface area contributed by atoms with Gasteiger partial charge in [-0.1, -0.05) is 0 Å². The lowest BCUT2D eigenvalue weighted by atomic mass is 11.6. The van der Waals surface area contributed by atoms with Crippen molar-refractivity contribution in [1.29, 1.82) is 0 Å². The third-order valence-electron chi connectivity index (χ3n) is 0. The zero-order valence-electron chi connectivity index (χ0n) is 4.34. The van der Waals surface area contributed by atoms with E-state index < -0.39 is 16.8 Å². The Bertz CT molecular complexity index is 128. The molecular formula is C2H4F3O3S-. The van der Waals surface area contributed by atoms with Crippen molar-refractivity contribution in [3.63, 3.8) is 0 Å². The minimum Gasteiger partial charge on any atom is -0.748 e. The van der Waals surface area contributed by atoms with E-state index in [9.17, 15) is 13.2 Å². The molecule has 0 atom stereocenters. The number of halogens is 3. The smallest absolute Gasteiger partial charge is 0.379 e. The van der Waals surface area contributed by atoms with Crippen molar-refractivity contribution in [2.24, 2.45) is 0 Å². The second kappa shape index (κ2) is 4.57. The van der Waals surface area contributed by atoms with Crippen LogP contribution in [-0.2, 0) is 10.1 Å². The van der Waals surface area contributed by atoms with E-state index in [1.165, 1.54) is 0 Å². The Morgan fingerprint density at radius 1 is 1.33 bits per heavy atom. The highest BCUT2D eigenvalue weighted by atomic mass is 32.2. The van der Waals surface area contributed by atoms with Crippen molar-refractivity contribution in [2.45, 2.75) is 6.68 Å². The van der Waals surface area contributed by atoms with Gasteiger partial charge in [0.25, 0.3) is 0 Å². The third-order valence-corrected chi connectivity index (χ3v) is 0. The molecule has 0 aliphatic heterocycles. The maximum absolute atomic E-state index is 9.67. The SMILES string of the molecule is CS(=O)(=O)[O-].FC(F)F. The van der Waals surface area contributed by atoms with E-state index in [4.69, 9.17) is 13.0 Å². The molecule has 0 aromatic rings. The molecule has 9 heavy (non-hydrogen) atoms. The predicted molar refractivity (Wildman–Crippen MR) is 22.7 cm³/mol. The molecule has 0 bridgehead atoms. The molecule has 0 saturated heterocycles. The molecule has 0 fully saturated rings. The Labute approximate surface area is 50.2 Å². The van der Waals surface area contributed by atoms with Gasteiger partial charge in [0.05, 0.1) is 10.1 Å². The first-order chi connectivity index (χ1) is 3.73. The summed E-state index contributed by atoms with van der Waals surface area (Å²) < 4.78 is 56.2. The molecule has 58 valence electrons. The number of hydrogen-bond acceptors (Lipinski definition) is 3. The Morgan fingerprint density at radius 3 is 1.33 bits per heavy atom. The van der Waals surface area contributed by atoms with Gasteiger partial charge in [-0.05, 0) is 0 Å². The summed E-state index contributed by atoms with van der Waals surface area (Å²) in [6.07, 6.45) is 0.604. The maximum atomic E-state index is 9.67. The van der Waals surface area contributed by atoms with Crippen LogP contribution in [0.2, 0.25) is 0 Å². The zero-order chi connectivity index (χ0) is 8.08. The summed E-state index contributed by atoms with van der Waals surface area (Å²) >= 11 is 0. The molecule has 0 aliphatic carbocycles. The van der Waals surface area contributed by atoms with E-state index in [0.717, 1.165) is 0 Å². The summed E-state index contributed by atoms with van der Waals surface area (Å²) in [5.74, 6) is 0. The van der Waals surface area contributed by atoms with Gasteiger partial charge >= 0.3 is 6.68 Å². The molecule has 0 radical (unpaired) electrons. The molecule has 0 heterocycles. The summed E-state index contributed by atoms with van der Waals surface area (Å²) in [5, 5.41) is 0. The largest absolute Gasteiger partial charge is 0.748 e. The van der Waals surface area contributed by atoms with Crippen molar-refractivity contribution < 1.29 is 26.1 Å². The van der Waals surface area contributed by atoms with Crippen molar-refractivity contribution in [2.75, 3.05) is 6.26 Å². The Kier molecular flexibility index (Phi) is 5.83. The zero-order valence-corrected chi connectivity index (χ0v) is 5.16. The minimum absolute atomic E-state index is 0.604. The highest BCUT2D eigenvalue weighted by Crippen LogP contribution is 1.87. The van der Waals surface area contributed by atoms with E-state index in [0.29, 0.717) is 6.26 Å². The molecule has 0 N–H and O–H groups in total. The van der Waals surface area contributed by atoms with Crippen LogP contribution in [0.3, 0.4) is 0 Å². The fourth-order valence-corrected chi connectivity index (χ4v) is 0. The number of alkyl halides is 3. The van der Waals surface area contributed by atoms with Crippen LogP contribution in [-0.4, -0.2) is 25.9 Å². The van der Waals surface area contributed by atoms with Crippen LogP contribution in [0.15, 0.2) is 0 Å². The highest BCUT2D eigenvalue weighted by molar-refractivity contribution is 7.84. The standard InChI is InChI=1S/CHF3.CH4O3S/c2-1(3)4;1-5(2,3)4/h1H;1H3,(H,2,3,4)/p-1. The van der Waals surface area contributed by atoms with Gasteiger partial charge in [0, 0.05) is 6.26 Å². The summed E-state index contributed by atoms with van der Waals surface area (Å²) in [4.78, 5) is 0. The van der Waals surface area contributed by atoms with Crippen molar-refractivity contribution in [3.05, 3.63) is 0 Å². The fourth-order valence-electron chi connectivity index (χ4n) is 0. The molecule has 3 nitrogen and oxygen atoms in total. The van der Waals surface area contributed by atoms with Crippen LogP contribution in [0.4, 0.5) is 13.2 Å². The first-order valence-corrected chi connectivity index (χ1v) is 3.38. The van der Waals surface area contributed by atoms with E-state index in [2.05, 4.69) is 0 Å². The van der Waals surface area contributed by atoms with E-state index >= 15 is 0 Å². The van der Waals surface area contributed by atoms with Crippen LogP contribution in [0, 0.1) is 0 Å². The third kappa shape index (κ3) is 2780. The van der Waals surface area contributed by atoms with Gasteiger partial charge in [0.2, 0.25) is 0 Å². The lowest BCUT2D eigenvalue weighted by Gasteiger charge is -1.90. The summed E-state index contributed by atoms with van der Waals surface area (Å²) in [6.45, 7) is -3.67. The normalized spacial score (nSPS) is 10.4. The predicted octanol–water partition coefficient (Wildman–Crippen LogP) is 0.340. The van der Waals surface area contributed by atoms with Gasteiger partial charge < -0.3 is 4.55 Å². The van der Waals surface area contributed by atoms with Gasteiger partial charge in [-0.3, -0.25) is 0 Å². The Morgan fingerprint density at radius 2 is 1.33 bits per heavy atom. The molecule has 0 unspecified atom stereocenters. The van der Waals surface area contributed by atoms with Gasteiger partial charge in [0.1, 0.15) is 0 Å². The van der Waals surface area contributed by atoms with Crippen LogP contribution in [0.5, 0.6) is 0 Å². The van der Waals surface area contributed by atoms with E-state index in [1.54, 1.807) is 0 Å². The van der Waals surface area contributed by atoms with Gasteiger partial charge in [0.15, 0.2) is 0 Å². The molecular weight excluding hydrogens is 161 g/mol. The molecule has 0 aliphatic rings. The molecule has 0 rings (SSSR count). The average molecular weight is 165 g/mol. The van der Waals surface area contributed by atoms with E-state index in [1.807, 2.05) is 0 Å². The molecule has 7 heteroatoms. The van der Waals surface area contributed by atoms with Crippen LogP contribution >= 0.6 is 0 Å². The first kappa shape index (κ1) is 11.5. The van der Waals surface area contributed by atoms with Crippen molar-refractivity contribution >= 4 is 10.1 Å². The molecule has 0 amide bonds. The van der Waals surface area contributed by atoms with Crippen LogP contribution in [0.25, 0.3) is 0 Å². The number of rotatable bonds is 0. The molecule has 0 spiro atoms. The van der Waals surface area contributed by atoms with Crippen LogP contribution < -0.4 is 0 Å². The Hall–Kier alpha value is -0.300. The van der Waals surface area contributed by atoms with Gasteiger partial charge in [-0.15, -0.1) is 0 Å². The first-order valence-electron chi connectivity index (χ1n) is 1.56.